The third-order valence-electron chi connectivity index (χ3n) is 3.69. The van der Waals surface area contributed by atoms with Gasteiger partial charge in [0.25, 0.3) is 0 Å². The Kier molecular flexibility index (Phi) is 3.88. The van der Waals surface area contributed by atoms with E-state index >= 15 is 0 Å². The zero-order chi connectivity index (χ0) is 15.9. The largest absolute Gasteiger partial charge is 0.473 e. The van der Waals surface area contributed by atoms with Crippen molar-refractivity contribution >= 4 is 17.1 Å². The number of rotatable bonds is 4. The van der Waals surface area contributed by atoms with Gasteiger partial charge in [0.1, 0.15) is 6.23 Å². The third kappa shape index (κ3) is 2.59. The van der Waals surface area contributed by atoms with Crippen molar-refractivity contribution in [1.82, 2.24) is 19.5 Å². The molecular weight excluding hydrogens is 286 g/mol. The van der Waals surface area contributed by atoms with Gasteiger partial charge in [-0.15, -0.1) is 0 Å². The maximum absolute atomic E-state index is 9.28. The van der Waals surface area contributed by atoms with Crippen LogP contribution in [0.1, 0.15) is 33.4 Å². The van der Waals surface area contributed by atoms with Crippen LogP contribution in [0.5, 0.6) is 5.88 Å². The number of aromatic nitrogens is 4. The minimum absolute atomic E-state index is 0.00625. The molecule has 3 atom stereocenters. The zero-order valence-corrected chi connectivity index (χ0v) is 12.9. The summed E-state index contributed by atoms with van der Waals surface area (Å²) in [4.78, 5) is 12.8. The second-order valence-electron chi connectivity index (χ2n) is 5.92. The Balaban J connectivity index is 2.03. The van der Waals surface area contributed by atoms with Gasteiger partial charge < -0.3 is 20.3 Å². The maximum atomic E-state index is 9.28. The first-order chi connectivity index (χ1) is 10.5. The fraction of sp³-hybridized carbons (Fsp3) is 0.643. The van der Waals surface area contributed by atoms with Gasteiger partial charge in [0.2, 0.25) is 11.8 Å². The standard InChI is InChI=1S/C14H21N5O3/c1-7(2)21-12-10-11(17-14(15)18-12)19(6-16-10)13-8(3)4-9(5-20)22-13/h6-9,13,20H,4-5H2,1-3H3,(H2,15,17,18). The number of ether oxygens (including phenoxy) is 2. The Morgan fingerprint density at radius 1 is 1.50 bits per heavy atom. The van der Waals surface area contributed by atoms with E-state index in [1.54, 1.807) is 6.33 Å². The number of nitrogens with two attached hydrogens (primary N) is 1. The number of hydrogen-bond acceptors (Lipinski definition) is 7. The molecule has 2 aromatic rings. The third-order valence-corrected chi connectivity index (χ3v) is 3.69. The lowest BCUT2D eigenvalue weighted by Gasteiger charge is -2.17. The fourth-order valence-corrected chi connectivity index (χ4v) is 2.77. The predicted octanol–water partition coefficient (Wildman–Crippen LogP) is 1.11. The van der Waals surface area contributed by atoms with Crippen molar-refractivity contribution in [2.24, 2.45) is 5.92 Å². The van der Waals surface area contributed by atoms with Crippen LogP contribution in [0.2, 0.25) is 0 Å². The summed E-state index contributed by atoms with van der Waals surface area (Å²) in [6, 6.07) is 0. The van der Waals surface area contributed by atoms with Crippen LogP contribution in [0.4, 0.5) is 5.95 Å². The number of anilines is 1. The Hall–Kier alpha value is -1.93. The molecule has 1 saturated heterocycles. The minimum atomic E-state index is -0.233. The molecule has 120 valence electrons. The van der Waals surface area contributed by atoms with Gasteiger partial charge in [-0.05, 0) is 20.3 Å². The van der Waals surface area contributed by atoms with E-state index in [0.717, 1.165) is 6.42 Å². The molecule has 2 aromatic heterocycles. The molecule has 3 heterocycles. The summed E-state index contributed by atoms with van der Waals surface area (Å²) in [6.07, 6.45) is 2.01. The lowest BCUT2D eigenvalue weighted by molar-refractivity contribution is -0.0294. The molecule has 0 bridgehead atoms. The SMILES string of the molecule is CC(C)Oc1nc(N)nc2c1ncn2C1OC(CO)CC1C. The molecule has 1 aliphatic heterocycles. The highest BCUT2D eigenvalue weighted by atomic mass is 16.5. The van der Waals surface area contributed by atoms with Crippen molar-refractivity contribution in [3.8, 4) is 5.88 Å². The highest BCUT2D eigenvalue weighted by Crippen LogP contribution is 2.36. The van der Waals surface area contributed by atoms with E-state index in [4.69, 9.17) is 15.2 Å². The Bertz CT molecular complexity index is 672. The van der Waals surface area contributed by atoms with Gasteiger partial charge in [0.15, 0.2) is 11.2 Å². The number of aliphatic hydroxyl groups is 1. The lowest BCUT2D eigenvalue weighted by atomic mass is 10.1. The van der Waals surface area contributed by atoms with E-state index in [-0.39, 0.29) is 36.9 Å². The van der Waals surface area contributed by atoms with Crippen LogP contribution in [0.15, 0.2) is 6.33 Å². The molecule has 22 heavy (non-hydrogen) atoms. The van der Waals surface area contributed by atoms with Gasteiger partial charge in [0.05, 0.1) is 25.1 Å². The van der Waals surface area contributed by atoms with Gasteiger partial charge in [-0.1, -0.05) is 6.92 Å². The number of imidazole rings is 1. The number of nitrogen functional groups attached to an aromatic ring is 1. The van der Waals surface area contributed by atoms with E-state index in [1.807, 2.05) is 18.4 Å². The predicted molar refractivity (Wildman–Crippen MR) is 80.3 cm³/mol. The van der Waals surface area contributed by atoms with Gasteiger partial charge in [-0.25, -0.2) is 4.98 Å². The summed E-state index contributed by atoms with van der Waals surface area (Å²) >= 11 is 0. The van der Waals surface area contributed by atoms with E-state index in [2.05, 4.69) is 21.9 Å². The molecule has 0 aromatic carbocycles. The molecule has 3 rings (SSSR count). The van der Waals surface area contributed by atoms with E-state index in [0.29, 0.717) is 17.0 Å². The highest BCUT2D eigenvalue weighted by Gasteiger charge is 2.34. The van der Waals surface area contributed by atoms with Crippen molar-refractivity contribution < 1.29 is 14.6 Å². The van der Waals surface area contributed by atoms with E-state index in [9.17, 15) is 5.11 Å². The first-order valence-electron chi connectivity index (χ1n) is 7.42. The molecule has 0 saturated carbocycles. The van der Waals surface area contributed by atoms with Crippen LogP contribution in [0.25, 0.3) is 11.2 Å². The number of aliphatic hydroxyl groups excluding tert-OH is 1. The molecular formula is C14H21N5O3. The molecule has 3 N–H and O–H groups in total. The van der Waals surface area contributed by atoms with Crippen molar-refractivity contribution in [2.45, 2.75) is 45.6 Å². The van der Waals surface area contributed by atoms with Crippen LogP contribution in [0.3, 0.4) is 0 Å². The number of fused-ring (bicyclic) bond motifs is 1. The summed E-state index contributed by atoms with van der Waals surface area (Å²) in [7, 11) is 0. The zero-order valence-electron chi connectivity index (χ0n) is 12.9. The van der Waals surface area contributed by atoms with Crippen LogP contribution < -0.4 is 10.5 Å². The Morgan fingerprint density at radius 3 is 2.91 bits per heavy atom. The molecule has 0 amide bonds. The van der Waals surface area contributed by atoms with Crippen LogP contribution in [0, 0.1) is 5.92 Å². The average Bonchev–Trinajstić information content (AvgIpc) is 3.01. The second-order valence-corrected chi connectivity index (χ2v) is 5.92. The highest BCUT2D eigenvalue weighted by molar-refractivity contribution is 5.77. The molecule has 1 aliphatic rings. The van der Waals surface area contributed by atoms with Crippen molar-refractivity contribution in [2.75, 3.05) is 12.3 Å². The smallest absolute Gasteiger partial charge is 0.247 e. The minimum Gasteiger partial charge on any atom is -0.473 e. The quantitative estimate of drug-likeness (QED) is 0.871. The van der Waals surface area contributed by atoms with Gasteiger partial charge in [0, 0.05) is 5.92 Å². The molecule has 1 fully saturated rings. The summed E-state index contributed by atoms with van der Waals surface area (Å²) in [5, 5.41) is 9.28. The Labute approximate surface area is 128 Å². The number of nitrogens with zero attached hydrogens (tertiary/aromatic N) is 4. The van der Waals surface area contributed by atoms with Gasteiger partial charge in [-0.3, -0.25) is 4.57 Å². The van der Waals surface area contributed by atoms with Crippen LogP contribution in [-0.2, 0) is 4.74 Å². The maximum Gasteiger partial charge on any atom is 0.247 e. The summed E-state index contributed by atoms with van der Waals surface area (Å²) in [5.41, 5.74) is 6.93. The number of hydrogen-bond donors (Lipinski definition) is 2. The first-order valence-corrected chi connectivity index (χ1v) is 7.42. The monoisotopic (exact) mass is 307 g/mol. The topological polar surface area (TPSA) is 108 Å². The van der Waals surface area contributed by atoms with E-state index in [1.165, 1.54) is 0 Å². The molecule has 8 heteroatoms. The fourth-order valence-electron chi connectivity index (χ4n) is 2.77. The van der Waals surface area contributed by atoms with Crippen LogP contribution >= 0.6 is 0 Å². The summed E-state index contributed by atoms with van der Waals surface area (Å²) in [6.45, 7) is 5.90. The molecule has 0 aliphatic carbocycles. The summed E-state index contributed by atoms with van der Waals surface area (Å²) in [5.74, 6) is 0.745. The van der Waals surface area contributed by atoms with Crippen molar-refractivity contribution in [1.29, 1.82) is 0 Å². The lowest BCUT2D eigenvalue weighted by Crippen LogP contribution is -2.16. The molecule has 0 spiro atoms. The van der Waals surface area contributed by atoms with Crippen molar-refractivity contribution in [3.05, 3.63) is 6.33 Å². The first kappa shape index (κ1) is 15.0. The average molecular weight is 307 g/mol. The Morgan fingerprint density at radius 2 is 2.27 bits per heavy atom. The normalized spacial score (nSPS) is 25.2. The summed E-state index contributed by atoms with van der Waals surface area (Å²) < 4.78 is 13.4. The second kappa shape index (κ2) is 5.69. The molecule has 8 nitrogen and oxygen atoms in total. The van der Waals surface area contributed by atoms with E-state index < -0.39 is 0 Å². The van der Waals surface area contributed by atoms with Gasteiger partial charge in [-0.2, -0.15) is 9.97 Å². The van der Waals surface area contributed by atoms with Crippen molar-refractivity contribution in [3.63, 3.8) is 0 Å². The molecule has 0 radical (unpaired) electrons. The van der Waals surface area contributed by atoms with Crippen LogP contribution in [-0.4, -0.2) is 43.4 Å². The molecule has 3 unspecified atom stereocenters. The van der Waals surface area contributed by atoms with Gasteiger partial charge >= 0.3 is 0 Å².